The maximum atomic E-state index is 14.3. The van der Waals surface area contributed by atoms with Crippen molar-refractivity contribution >= 4 is 19.3 Å². The third-order valence-electron chi connectivity index (χ3n) is 4.67. The minimum atomic E-state index is -0.480. The molecule has 2 aliphatic rings. The summed E-state index contributed by atoms with van der Waals surface area (Å²) in [6.07, 6.45) is 2.86. The van der Waals surface area contributed by atoms with Crippen LogP contribution in [0.3, 0.4) is 0 Å². The van der Waals surface area contributed by atoms with Gasteiger partial charge in [0.1, 0.15) is 11.5 Å². The second-order valence-electron chi connectivity index (χ2n) is 6.56. The van der Waals surface area contributed by atoms with E-state index in [9.17, 15) is 8.78 Å². The van der Waals surface area contributed by atoms with Crippen LogP contribution in [0.25, 0.3) is 0 Å². The van der Waals surface area contributed by atoms with Crippen LogP contribution in [0.5, 0.6) is 11.5 Å². The number of ether oxygens (including phenoxy) is 2. The molecule has 0 atom stereocenters. The molecule has 0 bridgehead atoms. The van der Waals surface area contributed by atoms with Gasteiger partial charge in [0.25, 0.3) is 0 Å². The van der Waals surface area contributed by atoms with E-state index in [-0.39, 0.29) is 30.8 Å². The second-order valence-corrected chi connectivity index (χ2v) is 6.56. The molecule has 4 heterocycles. The van der Waals surface area contributed by atoms with Crippen LogP contribution in [0.2, 0.25) is 0 Å². The zero-order chi connectivity index (χ0) is 20.1. The lowest BCUT2D eigenvalue weighted by Gasteiger charge is -2.28. The van der Waals surface area contributed by atoms with Crippen molar-refractivity contribution in [1.29, 1.82) is 0 Å². The van der Waals surface area contributed by atoms with Gasteiger partial charge in [0.2, 0.25) is 0 Å². The maximum Gasteiger partial charge on any atom is 0.576 e. The minimum absolute atomic E-state index is 0.220. The standard InChI is InChI=1S/C18H21BF2N4O4/c20-15-9-13(11-22-17(15)24-1-5-26-6-2-24)28-19-29-14-10-16(21)18(23-12-14)25-3-7-27-8-4-25/h9-12,19H,1-8H2. The normalized spacial score (nSPS) is 17.2. The quantitative estimate of drug-likeness (QED) is 0.663. The van der Waals surface area contributed by atoms with Crippen LogP contribution < -0.4 is 19.1 Å². The number of rotatable bonds is 6. The van der Waals surface area contributed by atoms with E-state index in [4.69, 9.17) is 18.8 Å². The summed E-state index contributed by atoms with van der Waals surface area (Å²) < 4.78 is 49.9. The molecule has 2 aromatic heterocycles. The zero-order valence-corrected chi connectivity index (χ0v) is 15.9. The van der Waals surface area contributed by atoms with Crippen molar-refractivity contribution in [2.24, 2.45) is 0 Å². The lowest BCUT2D eigenvalue weighted by Crippen LogP contribution is -2.37. The van der Waals surface area contributed by atoms with Crippen LogP contribution in [-0.4, -0.2) is 70.3 Å². The molecule has 0 spiro atoms. The Balaban J connectivity index is 1.31. The molecule has 0 saturated carbocycles. The Morgan fingerprint density at radius 1 is 0.759 bits per heavy atom. The first-order chi connectivity index (χ1) is 14.2. The zero-order valence-electron chi connectivity index (χ0n) is 15.9. The topological polar surface area (TPSA) is 69.2 Å². The Bertz CT molecular complexity index is 768. The highest BCUT2D eigenvalue weighted by molar-refractivity contribution is 6.20. The molecule has 2 aromatic rings. The average Bonchev–Trinajstić information content (AvgIpc) is 2.75. The molecule has 29 heavy (non-hydrogen) atoms. The lowest BCUT2D eigenvalue weighted by molar-refractivity contribution is 0.122. The predicted molar refractivity (Wildman–Crippen MR) is 103 cm³/mol. The molecular formula is C18H21BF2N4O4. The van der Waals surface area contributed by atoms with Crippen molar-refractivity contribution < 1.29 is 27.6 Å². The van der Waals surface area contributed by atoms with Gasteiger partial charge in [-0.2, -0.15) is 0 Å². The Hall–Kier alpha value is -2.66. The van der Waals surface area contributed by atoms with Crippen molar-refractivity contribution in [3.63, 3.8) is 0 Å². The van der Waals surface area contributed by atoms with E-state index in [2.05, 4.69) is 9.97 Å². The summed E-state index contributed by atoms with van der Waals surface area (Å²) in [6.45, 7) is 4.53. The minimum Gasteiger partial charge on any atom is -0.527 e. The maximum absolute atomic E-state index is 14.3. The van der Waals surface area contributed by atoms with Gasteiger partial charge in [0.05, 0.1) is 38.8 Å². The van der Waals surface area contributed by atoms with Crippen LogP contribution in [0.15, 0.2) is 24.5 Å². The molecule has 4 rings (SSSR count). The van der Waals surface area contributed by atoms with E-state index in [0.717, 1.165) is 0 Å². The van der Waals surface area contributed by atoms with Gasteiger partial charge in [0, 0.05) is 38.3 Å². The molecule has 0 amide bonds. The van der Waals surface area contributed by atoms with Crippen molar-refractivity contribution in [2.75, 3.05) is 62.4 Å². The molecule has 2 aliphatic heterocycles. The first kappa shape index (κ1) is 19.7. The number of anilines is 2. The predicted octanol–water partition coefficient (Wildman–Crippen LogP) is 1.15. The molecule has 8 nitrogen and oxygen atoms in total. The molecule has 2 fully saturated rings. The van der Waals surface area contributed by atoms with Crippen molar-refractivity contribution in [1.82, 2.24) is 9.97 Å². The van der Waals surface area contributed by atoms with E-state index < -0.39 is 11.6 Å². The van der Waals surface area contributed by atoms with Gasteiger partial charge in [-0.3, -0.25) is 0 Å². The smallest absolute Gasteiger partial charge is 0.527 e. The lowest BCUT2D eigenvalue weighted by atomic mass is 10.3. The molecule has 2 saturated heterocycles. The second kappa shape index (κ2) is 9.23. The van der Waals surface area contributed by atoms with Crippen LogP contribution in [0.1, 0.15) is 0 Å². The van der Waals surface area contributed by atoms with Gasteiger partial charge < -0.3 is 28.6 Å². The summed E-state index contributed by atoms with van der Waals surface area (Å²) in [5, 5.41) is 0. The SMILES string of the molecule is Fc1cc(OBOc2cnc(N3CCOCC3)c(F)c2)cnc1N1CCOCC1. The Morgan fingerprint density at radius 2 is 1.17 bits per heavy atom. The van der Waals surface area contributed by atoms with Crippen molar-refractivity contribution in [3.8, 4) is 11.5 Å². The van der Waals surface area contributed by atoms with Gasteiger partial charge >= 0.3 is 7.69 Å². The monoisotopic (exact) mass is 406 g/mol. The van der Waals surface area contributed by atoms with Gasteiger partial charge in [-0.15, -0.1) is 0 Å². The van der Waals surface area contributed by atoms with E-state index >= 15 is 0 Å². The number of halogens is 2. The number of hydrogen-bond acceptors (Lipinski definition) is 8. The summed E-state index contributed by atoms with van der Waals surface area (Å²) in [6, 6.07) is 2.50. The van der Waals surface area contributed by atoms with Gasteiger partial charge in [-0.05, 0) is 0 Å². The Morgan fingerprint density at radius 3 is 1.55 bits per heavy atom. The Kier molecular flexibility index (Phi) is 6.25. The van der Waals surface area contributed by atoms with Crippen molar-refractivity contribution in [2.45, 2.75) is 0 Å². The fraction of sp³-hybridized carbons (Fsp3) is 0.444. The molecule has 0 aromatic carbocycles. The number of morpholine rings is 2. The fourth-order valence-corrected chi connectivity index (χ4v) is 3.17. The highest BCUT2D eigenvalue weighted by Gasteiger charge is 2.19. The van der Waals surface area contributed by atoms with E-state index in [1.807, 2.05) is 9.80 Å². The highest BCUT2D eigenvalue weighted by atomic mass is 19.1. The van der Waals surface area contributed by atoms with Crippen LogP contribution in [0, 0.1) is 11.6 Å². The van der Waals surface area contributed by atoms with Crippen LogP contribution in [-0.2, 0) is 9.47 Å². The first-order valence-corrected chi connectivity index (χ1v) is 9.43. The van der Waals surface area contributed by atoms with Crippen LogP contribution >= 0.6 is 0 Å². The number of nitrogens with zero attached hydrogens (tertiary/aromatic N) is 4. The molecule has 154 valence electrons. The molecular weight excluding hydrogens is 385 g/mol. The largest absolute Gasteiger partial charge is 0.576 e. The van der Waals surface area contributed by atoms with E-state index in [0.29, 0.717) is 52.6 Å². The number of aromatic nitrogens is 2. The van der Waals surface area contributed by atoms with E-state index in [1.165, 1.54) is 24.5 Å². The van der Waals surface area contributed by atoms with Gasteiger partial charge in [-0.1, -0.05) is 0 Å². The number of pyridine rings is 2. The Labute approximate surface area is 167 Å². The molecule has 0 unspecified atom stereocenters. The number of hydrogen-bond donors (Lipinski definition) is 0. The summed E-state index contributed by atoms with van der Waals surface area (Å²) in [5.74, 6) is 0.0211. The molecule has 11 heteroatoms. The fourth-order valence-electron chi connectivity index (χ4n) is 3.17. The summed E-state index contributed by atoms with van der Waals surface area (Å²) in [4.78, 5) is 11.9. The molecule has 0 N–H and O–H groups in total. The molecule has 0 aliphatic carbocycles. The average molecular weight is 406 g/mol. The highest BCUT2D eigenvalue weighted by Crippen LogP contribution is 2.23. The molecule has 0 radical (unpaired) electrons. The van der Waals surface area contributed by atoms with E-state index in [1.54, 1.807) is 0 Å². The third-order valence-corrected chi connectivity index (χ3v) is 4.67. The third kappa shape index (κ3) is 4.85. The van der Waals surface area contributed by atoms with Gasteiger partial charge in [0.15, 0.2) is 23.3 Å². The van der Waals surface area contributed by atoms with Gasteiger partial charge in [-0.25, -0.2) is 18.7 Å². The summed E-state index contributed by atoms with van der Waals surface area (Å²) in [7, 11) is -0.226. The van der Waals surface area contributed by atoms with Crippen molar-refractivity contribution in [3.05, 3.63) is 36.2 Å². The summed E-state index contributed by atoms with van der Waals surface area (Å²) >= 11 is 0. The van der Waals surface area contributed by atoms with Crippen LogP contribution in [0.4, 0.5) is 20.4 Å². The summed E-state index contributed by atoms with van der Waals surface area (Å²) in [5.41, 5.74) is 0. The first-order valence-electron chi connectivity index (χ1n) is 9.43.